The standard InChI is InChI=1S/C14H24O3/c1-3-11(12-7-5-4-6-8-12)9-10-13(15)14(16)17-2/h11-12H,3-10H2,1-2H3. The quantitative estimate of drug-likeness (QED) is 0.529. The van der Waals surface area contributed by atoms with E-state index in [1.54, 1.807) is 0 Å². The number of hydrogen-bond acceptors (Lipinski definition) is 3. The van der Waals surface area contributed by atoms with Gasteiger partial charge in [-0.3, -0.25) is 4.79 Å². The van der Waals surface area contributed by atoms with Crippen LogP contribution in [0.2, 0.25) is 0 Å². The molecule has 0 aromatic heterocycles. The first-order valence-electron chi connectivity index (χ1n) is 6.80. The largest absolute Gasteiger partial charge is 0.463 e. The van der Waals surface area contributed by atoms with Gasteiger partial charge in [-0.2, -0.15) is 0 Å². The lowest BCUT2D eigenvalue weighted by molar-refractivity contribution is -0.151. The number of esters is 1. The number of carbonyl (C=O) groups is 2. The zero-order valence-corrected chi connectivity index (χ0v) is 11.0. The van der Waals surface area contributed by atoms with Crippen LogP contribution in [0.15, 0.2) is 0 Å². The molecule has 1 fully saturated rings. The topological polar surface area (TPSA) is 43.4 Å². The SMILES string of the molecule is CCC(CCC(=O)C(=O)OC)C1CCCCC1. The molecule has 1 rings (SSSR count). The van der Waals surface area contributed by atoms with Crippen LogP contribution in [0.4, 0.5) is 0 Å². The molecule has 1 saturated carbocycles. The number of methoxy groups -OCH3 is 1. The molecule has 0 radical (unpaired) electrons. The number of rotatable bonds is 6. The van der Waals surface area contributed by atoms with Crippen molar-refractivity contribution in [3.8, 4) is 0 Å². The van der Waals surface area contributed by atoms with Gasteiger partial charge < -0.3 is 4.74 Å². The average molecular weight is 240 g/mol. The van der Waals surface area contributed by atoms with Crippen LogP contribution in [-0.2, 0) is 14.3 Å². The predicted octanol–water partition coefficient (Wildman–Crippen LogP) is 3.12. The summed E-state index contributed by atoms with van der Waals surface area (Å²) in [5.41, 5.74) is 0. The summed E-state index contributed by atoms with van der Waals surface area (Å²) in [6, 6.07) is 0. The Bertz CT molecular complexity index is 254. The van der Waals surface area contributed by atoms with Gasteiger partial charge in [-0.05, 0) is 18.3 Å². The van der Waals surface area contributed by atoms with E-state index in [9.17, 15) is 9.59 Å². The Morgan fingerprint density at radius 1 is 1.24 bits per heavy atom. The molecule has 0 bridgehead atoms. The highest BCUT2D eigenvalue weighted by atomic mass is 16.5. The number of Topliss-reactive ketones (excluding diaryl/α,β-unsaturated/α-hetero) is 1. The first-order valence-corrected chi connectivity index (χ1v) is 6.80. The van der Waals surface area contributed by atoms with Crippen LogP contribution < -0.4 is 0 Å². The number of carbonyl (C=O) groups excluding carboxylic acids is 2. The third-order valence-corrected chi connectivity index (χ3v) is 4.00. The van der Waals surface area contributed by atoms with Gasteiger partial charge in [0.2, 0.25) is 5.78 Å². The van der Waals surface area contributed by atoms with Gasteiger partial charge in [-0.15, -0.1) is 0 Å². The van der Waals surface area contributed by atoms with Gasteiger partial charge in [-0.1, -0.05) is 45.4 Å². The molecule has 1 unspecified atom stereocenters. The van der Waals surface area contributed by atoms with Gasteiger partial charge in [0, 0.05) is 6.42 Å². The van der Waals surface area contributed by atoms with Gasteiger partial charge in [-0.25, -0.2) is 4.79 Å². The molecular formula is C14H24O3. The van der Waals surface area contributed by atoms with Crippen molar-refractivity contribution in [3.05, 3.63) is 0 Å². The zero-order chi connectivity index (χ0) is 12.7. The van der Waals surface area contributed by atoms with Gasteiger partial charge in [0.15, 0.2) is 0 Å². The van der Waals surface area contributed by atoms with Gasteiger partial charge in [0.1, 0.15) is 0 Å². The second kappa shape index (κ2) is 7.46. The van der Waals surface area contributed by atoms with Crippen molar-refractivity contribution in [2.75, 3.05) is 7.11 Å². The lowest BCUT2D eigenvalue weighted by Crippen LogP contribution is -2.21. The first kappa shape index (κ1) is 14.2. The Labute approximate surface area is 104 Å². The minimum absolute atomic E-state index is 0.349. The molecular weight excluding hydrogens is 216 g/mol. The van der Waals surface area contributed by atoms with Crippen LogP contribution in [-0.4, -0.2) is 18.9 Å². The maximum absolute atomic E-state index is 11.4. The molecule has 17 heavy (non-hydrogen) atoms. The Kier molecular flexibility index (Phi) is 6.23. The summed E-state index contributed by atoms with van der Waals surface area (Å²) >= 11 is 0. The van der Waals surface area contributed by atoms with E-state index < -0.39 is 5.97 Å². The van der Waals surface area contributed by atoms with Gasteiger partial charge in [0.25, 0.3) is 0 Å². The molecule has 0 spiro atoms. The predicted molar refractivity (Wildman–Crippen MR) is 66.6 cm³/mol. The van der Waals surface area contributed by atoms with Crippen molar-refractivity contribution in [2.45, 2.75) is 58.3 Å². The Morgan fingerprint density at radius 3 is 2.41 bits per heavy atom. The van der Waals surface area contributed by atoms with Crippen LogP contribution in [0.1, 0.15) is 58.3 Å². The molecule has 3 heteroatoms. The Balaban J connectivity index is 2.36. The van der Waals surface area contributed by atoms with Crippen LogP contribution in [0, 0.1) is 11.8 Å². The van der Waals surface area contributed by atoms with E-state index in [0.717, 1.165) is 18.8 Å². The summed E-state index contributed by atoms with van der Waals surface area (Å²) in [7, 11) is 1.26. The lowest BCUT2D eigenvalue weighted by atomic mass is 9.76. The van der Waals surface area contributed by atoms with Crippen LogP contribution in [0.5, 0.6) is 0 Å². The molecule has 0 aromatic rings. The molecule has 3 nitrogen and oxygen atoms in total. The minimum Gasteiger partial charge on any atom is -0.463 e. The maximum atomic E-state index is 11.4. The summed E-state index contributed by atoms with van der Waals surface area (Å²) in [5, 5.41) is 0. The van der Waals surface area contributed by atoms with E-state index in [0.29, 0.717) is 12.3 Å². The molecule has 1 atom stereocenters. The summed E-state index contributed by atoms with van der Waals surface area (Å²) < 4.78 is 4.43. The lowest BCUT2D eigenvalue weighted by Gasteiger charge is -2.29. The highest BCUT2D eigenvalue weighted by Crippen LogP contribution is 2.34. The molecule has 1 aliphatic carbocycles. The van der Waals surface area contributed by atoms with Crippen molar-refractivity contribution >= 4 is 11.8 Å². The third kappa shape index (κ3) is 4.49. The van der Waals surface area contributed by atoms with Gasteiger partial charge in [0.05, 0.1) is 7.11 Å². The minimum atomic E-state index is -0.691. The highest BCUT2D eigenvalue weighted by Gasteiger charge is 2.24. The van der Waals surface area contributed by atoms with E-state index in [2.05, 4.69) is 11.7 Å². The molecule has 0 aromatic carbocycles. The summed E-state index contributed by atoms with van der Waals surface area (Å²) in [6.45, 7) is 2.18. The first-order chi connectivity index (χ1) is 8.19. The van der Waals surface area contributed by atoms with Crippen molar-refractivity contribution in [3.63, 3.8) is 0 Å². The van der Waals surface area contributed by atoms with Crippen molar-refractivity contribution in [2.24, 2.45) is 11.8 Å². The van der Waals surface area contributed by atoms with E-state index in [1.165, 1.54) is 39.2 Å². The molecule has 0 N–H and O–H groups in total. The van der Waals surface area contributed by atoms with E-state index in [-0.39, 0.29) is 5.78 Å². The molecule has 0 heterocycles. The van der Waals surface area contributed by atoms with Crippen molar-refractivity contribution < 1.29 is 14.3 Å². The molecule has 1 aliphatic rings. The Hall–Kier alpha value is -0.860. The van der Waals surface area contributed by atoms with Crippen LogP contribution in [0.3, 0.4) is 0 Å². The summed E-state index contributed by atoms with van der Waals surface area (Å²) in [6.07, 6.45) is 8.90. The second-order valence-corrected chi connectivity index (χ2v) is 5.02. The normalized spacial score (nSPS) is 18.7. The number of hydrogen-bond donors (Lipinski definition) is 0. The van der Waals surface area contributed by atoms with E-state index >= 15 is 0 Å². The van der Waals surface area contributed by atoms with Crippen molar-refractivity contribution in [1.82, 2.24) is 0 Å². The molecule has 0 saturated heterocycles. The van der Waals surface area contributed by atoms with Gasteiger partial charge >= 0.3 is 5.97 Å². The third-order valence-electron chi connectivity index (χ3n) is 4.00. The highest BCUT2D eigenvalue weighted by molar-refractivity contribution is 6.33. The average Bonchev–Trinajstić information content (AvgIpc) is 2.39. The second-order valence-electron chi connectivity index (χ2n) is 5.02. The molecule has 0 amide bonds. The molecule has 0 aliphatic heterocycles. The van der Waals surface area contributed by atoms with E-state index in [1.807, 2.05) is 0 Å². The van der Waals surface area contributed by atoms with E-state index in [4.69, 9.17) is 0 Å². The fraction of sp³-hybridized carbons (Fsp3) is 0.857. The summed E-state index contributed by atoms with van der Waals surface area (Å²) in [5.74, 6) is 0.299. The summed E-state index contributed by atoms with van der Waals surface area (Å²) in [4.78, 5) is 22.4. The number of ether oxygens (including phenoxy) is 1. The fourth-order valence-corrected chi connectivity index (χ4v) is 2.91. The van der Waals surface area contributed by atoms with Crippen LogP contribution >= 0.6 is 0 Å². The maximum Gasteiger partial charge on any atom is 0.374 e. The monoisotopic (exact) mass is 240 g/mol. The van der Waals surface area contributed by atoms with Crippen LogP contribution in [0.25, 0.3) is 0 Å². The smallest absolute Gasteiger partial charge is 0.374 e. The zero-order valence-electron chi connectivity index (χ0n) is 11.0. The molecule has 98 valence electrons. The van der Waals surface area contributed by atoms with Crippen molar-refractivity contribution in [1.29, 1.82) is 0 Å². The fourth-order valence-electron chi connectivity index (χ4n) is 2.91. The number of ketones is 1. The Morgan fingerprint density at radius 2 is 1.88 bits per heavy atom.